The molecule has 1 atom stereocenters. The fourth-order valence-corrected chi connectivity index (χ4v) is 1.27. The quantitative estimate of drug-likeness (QED) is 0.592. The van der Waals surface area contributed by atoms with E-state index in [0.717, 1.165) is 12.1 Å². The highest BCUT2D eigenvalue weighted by Gasteiger charge is 2.39. The van der Waals surface area contributed by atoms with Crippen molar-refractivity contribution in [3.05, 3.63) is 23.8 Å². The smallest absolute Gasteiger partial charge is 0.399 e. The molecule has 1 aromatic carbocycles. The second kappa shape index (κ2) is 5.16. The van der Waals surface area contributed by atoms with Crippen molar-refractivity contribution in [1.82, 2.24) is 0 Å². The fourth-order valence-electron chi connectivity index (χ4n) is 1.27. The van der Waals surface area contributed by atoms with Gasteiger partial charge in [-0.1, -0.05) is 0 Å². The molecule has 0 fully saturated rings. The van der Waals surface area contributed by atoms with Crippen molar-refractivity contribution in [3.8, 4) is 0 Å². The van der Waals surface area contributed by atoms with Crippen LogP contribution >= 0.6 is 0 Å². The van der Waals surface area contributed by atoms with Gasteiger partial charge in [-0.25, -0.2) is 0 Å². The monoisotopic (exact) mass is 288 g/mol. The van der Waals surface area contributed by atoms with Crippen molar-refractivity contribution in [2.75, 3.05) is 17.6 Å². The summed E-state index contributed by atoms with van der Waals surface area (Å²) in [6, 6.07) is 2.61. The maximum Gasteiger partial charge on any atom is 0.418 e. The molecule has 3 nitrogen and oxygen atoms in total. The number of alkyl halides is 6. The Labute approximate surface area is 104 Å². The van der Waals surface area contributed by atoms with Crippen molar-refractivity contribution in [3.63, 3.8) is 0 Å². The molecule has 1 aromatic rings. The molecule has 1 rings (SSSR count). The first kappa shape index (κ1) is 15.4. The largest absolute Gasteiger partial charge is 0.418 e. The summed E-state index contributed by atoms with van der Waals surface area (Å²) in [7, 11) is 0. The second-order valence-electron chi connectivity index (χ2n) is 3.74. The molecule has 9 heteroatoms. The summed E-state index contributed by atoms with van der Waals surface area (Å²) >= 11 is 0. The lowest BCUT2D eigenvalue weighted by atomic mass is 10.1. The zero-order valence-electron chi connectivity index (χ0n) is 9.31. The molecule has 0 aliphatic carbocycles. The van der Waals surface area contributed by atoms with E-state index in [2.05, 4.69) is 0 Å². The van der Waals surface area contributed by atoms with E-state index in [0.29, 0.717) is 6.07 Å². The molecule has 0 bridgehead atoms. The van der Waals surface area contributed by atoms with Crippen molar-refractivity contribution >= 4 is 11.4 Å². The number of rotatable bonds is 3. The summed E-state index contributed by atoms with van der Waals surface area (Å²) in [4.78, 5) is 0. The Hall–Kier alpha value is -1.64. The van der Waals surface area contributed by atoms with Gasteiger partial charge >= 0.3 is 12.4 Å². The van der Waals surface area contributed by atoms with Crippen LogP contribution in [0.5, 0.6) is 0 Å². The molecule has 108 valence electrons. The Morgan fingerprint density at radius 3 is 2.21 bits per heavy atom. The first-order valence-corrected chi connectivity index (χ1v) is 4.97. The van der Waals surface area contributed by atoms with Crippen LogP contribution in [-0.4, -0.2) is 23.9 Å². The van der Waals surface area contributed by atoms with Gasteiger partial charge in [0, 0.05) is 17.9 Å². The van der Waals surface area contributed by atoms with E-state index in [-0.39, 0.29) is 5.69 Å². The van der Waals surface area contributed by atoms with Crippen molar-refractivity contribution in [2.45, 2.75) is 18.5 Å². The van der Waals surface area contributed by atoms with Gasteiger partial charge in [-0.2, -0.15) is 26.3 Å². The summed E-state index contributed by atoms with van der Waals surface area (Å²) in [6.45, 7) is -1.09. The van der Waals surface area contributed by atoms with Crippen LogP contribution in [0.1, 0.15) is 5.56 Å². The van der Waals surface area contributed by atoms with Gasteiger partial charge in [0.2, 0.25) is 0 Å². The topological polar surface area (TPSA) is 58.3 Å². The fraction of sp³-hybridized carbons (Fsp3) is 0.400. The molecule has 0 amide bonds. The first-order chi connectivity index (χ1) is 8.51. The molecule has 0 aromatic heterocycles. The summed E-state index contributed by atoms with van der Waals surface area (Å²) in [5, 5.41) is 10.6. The average molecular weight is 288 g/mol. The van der Waals surface area contributed by atoms with Crippen LogP contribution in [0.4, 0.5) is 37.7 Å². The number of aliphatic hydroxyl groups excluding tert-OH is 1. The highest BCUT2D eigenvalue weighted by Crippen LogP contribution is 2.36. The molecule has 0 aliphatic rings. The molecule has 4 N–H and O–H groups in total. The standard InChI is InChI=1S/C10H10F6N2O/c11-9(12,13)6-3-5(17)1-2-7(6)18-4-8(19)10(14,15)16/h1-3,8,18-19H,4,17H2. The van der Waals surface area contributed by atoms with E-state index in [1.807, 2.05) is 5.32 Å². The number of nitrogens with two attached hydrogens (primary N) is 1. The van der Waals surface area contributed by atoms with Gasteiger partial charge in [0.25, 0.3) is 0 Å². The molecule has 19 heavy (non-hydrogen) atoms. The van der Waals surface area contributed by atoms with Crippen LogP contribution in [0.25, 0.3) is 0 Å². The minimum Gasteiger partial charge on any atom is -0.399 e. The maximum absolute atomic E-state index is 12.6. The highest BCUT2D eigenvalue weighted by atomic mass is 19.4. The molecule has 1 unspecified atom stereocenters. The van der Waals surface area contributed by atoms with Crippen molar-refractivity contribution < 1.29 is 31.4 Å². The van der Waals surface area contributed by atoms with Crippen LogP contribution in [0.3, 0.4) is 0 Å². The number of benzene rings is 1. The Balaban J connectivity index is 2.90. The predicted octanol–water partition coefficient (Wildman–Crippen LogP) is 2.62. The van der Waals surface area contributed by atoms with Gasteiger partial charge in [-0.3, -0.25) is 0 Å². The van der Waals surface area contributed by atoms with E-state index in [4.69, 9.17) is 10.8 Å². The zero-order chi connectivity index (χ0) is 14.8. The third kappa shape index (κ3) is 4.19. The Morgan fingerprint density at radius 2 is 1.74 bits per heavy atom. The third-order valence-electron chi connectivity index (χ3n) is 2.21. The van der Waals surface area contributed by atoms with Crippen LogP contribution in [0, 0.1) is 0 Å². The molecule has 0 saturated carbocycles. The third-order valence-corrected chi connectivity index (χ3v) is 2.21. The van der Waals surface area contributed by atoms with Crippen LogP contribution in [0.2, 0.25) is 0 Å². The van der Waals surface area contributed by atoms with Gasteiger partial charge in [-0.05, 0) is 18.2 Å². The Bertz CT molecular complexity index is 443. The number of hydrogen-bond acceptors (Lipinski definition) is 3. The van der Waals surface area contributed by atoms with Crippen molar-refractivity contribution in [2.24, 2.45) is 0 Å². The molecule has 0 spiro atoms. The molecule has 0 heterocycles. The van der Waals surface area contributed by atoms with E-state index < -0.39 is 36.3 Å². The van der Waals surface area contributed by atoms with Crippen LogP contribution in [0.15, 0.2) is 18.2 Å². The normalized spacial score (nSPS) is 14.3. The van der Waals surface area contributed by atoms with E-state index in [1.165, 1.54) is 0 Å². The number of anilines is 2. The molecule has 0 radical (unpaired) electrons. The SMILES string of the molecule is Nc1ccc(NCC(O)C(F)(F)F)c(C(F)(F)F)c1. The van der Waals surface area contributed by atoms with Crippen LogP contribution < -0.4 is 11.1 Å². The Kier molecular flexibility index (Phi) is 4.18. The van der Waals surface area contributed by atoms with E-state index in [9.17, 15) is 26.3 Å². The number of hydrogen-bond donors (Lipinski definition) is 3. The zero-order valence-corrected chi connectivity index (χ0v) is 9.31. The average Bonchev–Trinajstić information content (AvgIpc) is 2.24. The number of nitrogen functional groups attached to an aromatic ring is 1. The molecule has 0 saturated heterocycles. The lowest BCUT2D eigenvalue weighted by molar-refractivity contribution is -0.198. The second-order valence-corrected chi connectivity index (χ2v) is 3.74. The summed E-state index contributed by atoms with van der Waals surface area (Å²) in [5.41, 5.74) is 3.25. The van der Waals surface area contributed by atoms with Crippen molar-refractivity contribution in [1.29, 1.82) is 0 Å². The van der Waals surface area contributed by atoms with E-state index >= 15 is 0 Å². The number of nitrogens with one attached hydrogen (secondary N) is 1. The molecular weight excluding hydrogens is 278 g/mol. The molecule has 0 aliphatic heterocycles. The first-order valence-electron chi connectivity index (χ1n) is 4.97. The van der Waals surface area contributed by atoms with Crippen LogP contribution in [-0.2, 0) is 6.18 Å². The van der Waals surface area contributed by atoms with Gasteiger partial charge < -0.3 is 16.2 Å². The minimum absolute atomic E-state index is 0.172. The Morgan fingerprint density at radius 1 is 1.16 bits per heavy atom. The van der Waals surface area contributed by atoms with Gasteiger partial charge in [0.1, 0.15) is 0 Å². The summed E-state index contributed by atoms with van der Waals surface area (Å²) < 4.78 is 73.9. The lowest BCUT2D eigenvalue weighted by Gasteiger charge is -2.18. The number of aliphatic hydroxyl groups is 1. The lowest BCUT2D eigenvalue weighted by Crippen LogP contribution is -2.35. The minimum atomic E-state index is -4.90. The van der Waals surface area contributed by atoms with Gasteiger partial charge in [0.05, 0.1) is 5.56 Å². The summed E-state index contributed by atoms with van der Waals surface area (Å²) in [5.74, 6) is 0. The number of halogens is 6. The van der Waals surface area contributed by atoms with E-state index in [1.54, 1.807) is 0 Å². The van der Waals surface area contributed by atoms with Gasteiger partial charge in [-0.15, -0.1) is 0 Å². The van der Waals surface area contributed by atoms with Gasteiger partial charge in [0.15, 0.2) is 6.10 Å². The maximum atomic E-state index is 12.6. The summed E-state index contributed by atoms with van der Waals surface area (Å²) in [6.07, 6.45) is -12.4. The highest BCUT2D eigenvalue weighted by molar-refractivity contribution is 5.59. The predicted molar refractivity (Wildman–Crippen MR) is 56.4 cm³/mol. The molecular formula is C10H10F6N2O.